The molecule has 3 N–H and O–H groups in total. The summed E-state index contributed by atoms with van der Waals surface area (Å²) in [7, 11) is 1.99. The van der Waals surface area contributed by atoms with Gasteiger partial charge >= 0.3 is 11.9 Å². The summed E-state index contributed by atoms with van der Waals surface area (Å²) in [6.45, 7) is 0.988. The van der Waals surface area contributed by atoms with Gasteiger partial charge in [-0.3, -0.25) is 0 Å². The first-order valence-corrected chi connectivity index (χ1v) is 11.2. The molecule has 0 saturated heterocycles. The van der Waals surface area contributed by atoms with Crippen molar-refractivity contribution in [1.82, 2.24) is 5.32 Å². The molecule has 0 amide bonds. The van der Waals surface area contributed by atoms with Crippen molar-refractivity contribution in [3.05, 3.63) is 65.7 Å². The van der Waals surface area contributed by atoms with Crippen molar-refractivity contribution in [2.75, 3.05) is 25.6 Å². The van der Waals surface area contributed by atoms with E-state index >= 15 is 0 Å². The lowest BCUT2D eigenvalue weighted by Crippen LogP contribution is -2.09. The Bertz CT molecular complexity index is 940. The molecule has 3 rings (SSSR count). The van der Waals surface area contributed by atoms with Crippen molar-refractivity contribution in [3.8, 4) is 11.5 Å². The highest BCUT2D eigenvalue weighted by molar-refractivity contribution is 8.08. The second-order valence-electron chi connectivity index (χ2n) is 5.97. The number of hydrogen-bond acceptors (Lipinski definition) is 6. The van der Waals surface area contributed by atoms with Crippen molar-refractivity contribution in [2.24, 2.45) is 0 Å². The molecule has 0 fully saturated rings. The average Bonchev–Trinajstić information content (AvgIpc) is 2.89. The van der Waals surface area contributed by atoms with Gasteiger partial charge in [0.05, 0.1) is 0 Å². The van der Waals surface area contributed by atoms with Crippen LogP contribution in [0.3, 0.4) is 0 Å². The minimum Gasteiger partial charge on any atom is -0.478 e. The number of carboxylic acid groups (broad SMARTS) is 2. The van der Waals surface area contributed by atoms with Crippen LogP contribution in [0.1, 0.15) is 11.1 Å². The van der Waals surface area contributed by atoms with Gasteiger partial charge in [-0.1, -0.05) is 18.2 Å². The van der Waals surface area contributed by atoms with E-state index < -0.39 is 11.9 Å². The molecule has 0 radical (unpaired) electrons. The first-order chi connectivity index (χ1) is 14.4. The summed E-state index contributed by atoms with van der Waals surface area (Å²) in [4.78, 5) is 21.6. The van der Waals surface area contributed by atoms with E-state index in [9.17, 15) is 9.59 Å². The molecule has 2 aromatic carbocycles. The predicted molar refractivity (Wildman–Crippen MR) is 123 cm³/mol. The van der Waals surface area contributed by atoms with Crippen LogP contribution in [0.25, 0.3) is 11.0 Å². The van der Waals surface area contributed by atoms with Crippen molar-refractivity contribution in [2.45, 2.75) is 4.90 Å². The number of aliphatic carboxylic acids is 2. The second kappa shape index (κ2) is 12.1. The van der Waals surface area contributed by atoms with E-state index in [1.807, 2.05) is 30.9 Å². The maximum absolute atomic E-state index is 9.55. The molecule has 0 atom stereocenters. The summed E-state index contributed by atoms with van der Waals surface area (Å²) in [6.07, 6.45) is 5.46. The fraction of sp³-hybridized carbons (Fsp3) is 0.182. The Balaban J connectivity index is 0.000000343. The van der Waals surface area contributed by atoms with Gasteiger partial charge in [0.25, 0.3) is 0 Å². The summed E-state index contributed by atoms with van der Waals surface area (Å²) in [6, 6.07) is 14.6. The van der Waals surface area contributed by atoms with Crippen LogP contribution in [0, 0.1) is 0 Å². The molecule has 30 heavy (non-hydrogen) atoms. The molecule has 0 aliphatic carbocycles. The van der Waals surface area contributed by atoms with Crippen LogP contribution in [-0.4, -0.2) is 47.8 Å². The quantitative estimate of drug-likeness (QED) is 0.321. The monoisotopic (exact) mass is 445 g/mol. The molecular formula is C22H23NO5S2. The van der Waals surface area contributed by atoms with Crippen molar-refractivity contribution >= 4 is 46.4 Å². The number of thioether (sulfide) groups is 2. The van der Waals surface area contributed by atoms with Gasteiger partial charge in [0.1, 0.15) is 11.5 Å². The molecule has 8 heteroatoms. The first kappa shape index (κ1) is 23.6. The van der Waals surface area contributed by atoms with E-state index in [1.165, 1.54) is 15.4 Å². The summed E-state index contributed by atoms with van der Waals surface area (Å²) in [5, 5.41) is 18.8. The number of fused-ring (bicyclic) bond motifs is 2. The molecule has 6 nitrogen and oxygen atoms in total. The predicted octanol–water partition coefficient (Wildman–Crippen LogP) is 4.68. The minimum atomic E-state index is -1.26. The normalized spacial score (nSPS) is 11.9. The fourth-order valence-corrected chi connectivity index (χ4v) is 3.96. The zero-order valence-corrected chi connectivity index (χ0v) is 18.3. The van der Waals surface area contributed by atoms with Crippen molar-refractivity contribution in [3.63, 3.8) is 0 Å². The zero-order chi connectivity index (χ0) is 21.9. The number of nitrogens with one attached hydrogen (secondary N) is 1. The topological polar surface area (TPSA) is 95.9 Å². The summed E-state index contributed by atoms with van der Waals surface area (Å²) >= 11 is 3.63. The third kappa shape index (κ3) is 7.29. The zero-order valence-electron chi connectivity index (χ0n) is 16.6. The Morgan fingerprint density at radius 3 is 2.40 bits per heavy atom. The van der Waals surface area contributed by atoms with E-state index in [-0.39, 0.29) is 0 Å². The lowest BCUT2D eigenvalue weighted by molar-refractivity contribution is -0.134. The average molecular weight is 446 g/mol. The lowest BCUT2D eigenvalue weighted by Gasteiger charge is -2.12. The van der Waals surface area contributed by atoms with Crippen LogP contribution in [-0.2, 0) is 9.59 Å². The van der Waals surface area contributed by atoms with Gasteiger partial charge in [-0.2, -0.15) is 0 Å². The highest BCUT2D eigenvalue weighted by Crippen LogP contribution is 2.43. The Kier molecular flexibility index (Phi) is 9.53. The SMILES string of the molecule is CNCCSC1=Cc2ccccc2Oc2ccc(SC)cc21.O=C(O)/C=C\C(=O)O. The molecule has 158 valence electrons. The molecule has 1 aliphatic rings. The van der Waals surface area contributed by atoms with Crippen LogP contribution < -0.4 is 10.1 Å². The van der Waals surface area contributed by atoms with Gasteiger partial charge < -0.3 is 20.3 Å². The van der Waals surface area contributed by atoms with Gasteiger partial charge in [0.2, 0.25) is 0 Å². The molecule has 0 spiro atoms. The third-order valence-corrected chi connectivity index (χ3v) is 5.64. The number of ether oxygens (including phenoxy) is 1. The summed E-state index contributed by atoms with van der Waals surface area (Å²) in [5.74, 6) is 0.378. The van der Waals surface area contributed by atoms with E-state index in [0.717, 1.165) is 29.4 Å². The molecule has 0 bridgehead atoms. The van der Waals surface area contributed by atoms with E-state index in [1.54, 1.807) is 11.8 Å². The van der Waals surface area contributed by atoms with Crippen LogP contribution in [0.2, 0.25) is 0 Å². The van der Waals surface area contributed by atoms with Gasteiger partial charge in [-0.15, -0.1) is 23.5 Å². The number of hydrogen-bond donors (Lipinski definition) is 3. The highest BCUT2D eigenvalue weighted by atomic mass is 32.2. The number of rotatable bonds is 7. The Labute approximate surface area is 184 Å². The molecule has 1 aliphatic heterocycles. The third-order valence-electron chi connectivity index (χ3n) is 3.86. The maximum atomic E-state index is 9.55. The number of carboxylic acids is 2. The van der Waals surface area contributed by atoms with Crippen LogP contribution in [0.5, 0.6) is 11.5 Å². The van der Waals surface area contributed by atoms with E-state index in [0.29, 0.717) is 12.2 Å². The summed E-state index contributed by atoms with van der Waals surface area (Å²) in [5.41, 5.74) is 2.32. The second-order valence-corrected chi connectivity index (χ2v) is 7.99. The highest BCUT2D eigenvalue weighted by Gasteiger charge is 2.17. The number of para-hydroxylation sites is 1. The smallest absolute Gasteiger partial charge is 0.328 e. The largest absolute Gasteiger partial charge is 0.478 e. The number of benzene rings is 2. The van der Waals surface area contributed by atoms with Crippen LogP contribution in [0.4, 0.5) is 0 Å². The van der Waals surface area contributed by atoms with Gasteiger partial charge in [0.15, 0.2) is 0 Å². The number of carbonyl (C=O) groups is 2. The molecule has 1 heterocycles. The van der Waals surface area contributed by atoms with Gasteiger partial charge in [-0.05, 0) is 43.6 Å². The fourth-order valence-electron chi connectivity index (χ4n) is 2.47. The lowest BCUT2D eigenvalue weighted by atomic mass is 10.1. The molecule has 2 aromatic rings. The minimum absolute atomic E-state index is 0.558. The van der Waals surface area contributed by atoms with Crippen LogP contribution in [0.15, 0.2) is 59.5 Å². The van der Waals surface area contributed by atoms with Gasteiger partial charge in [0, 0.05) is 45.4 Å². The van der Waals surface area contributed by atoms with E-state index in [2.05, 4.69) is 48.0 Å². The standard InChI is InChI=1S/C18H19NOS2.C4H4O4/c1-19-9-10-22-18-11-13-5-3-4-6-16(13)20-17-8-7-14(21-2)12-15(17)18;5-3(6)1-2-4(7)8/h3-8,11-12,19H,9-10H2,1-2H3;1-2H,(H,5,6)(H,7,8)/b;2-1-. The van der Waals surface area contributed by atoms with Crippen molar-refractivity contribution < 1.29 is 24.5 Å². The van der Waals surface area contributed by atoms with Crippen LogP contribution >= 0.6 is 23.5 Å². The Hall–Kier alpha value is -2.68. The summed E-state index contributed by atoms with van der Waals surface area (Å²) < 4.78 is 6.15. The molecule has 0 aromatic heterocycles. The molecule has 0 saturated carbocycles. The van der Waals surface area contributed by atoms with Gasteiger partial charge in [-0.25, -0.2) is 9.59 Å². The van der Waals surface area contributed by atoms with E-state index in [4.69, 9.17) is 14.9 Å². The first-order valence-electron chi connectivity index (χ1n) is 9.03. The Morgan fingerprint density at radius 2 is 1.77 bits per heavy atom. The Morgan fingerprint density at radius 1 is 1.07 bits per heavy atom. The van der Waals surface area contributed by atoms with Crippen molar-refractivity contribution in [1.29, 1.82) is 0 Å². The maximum Gasteiger partial charge on any atom is 0.328 e. The molecular weight excluding hydrogens is 422 g/mol. The molecule has 0 unspecified atom stereocenters.